The van der Waals surface area contributed by atoms with Crippen molar-refractivity contribution in [2.45, 2.75) is 20.3 Å². The average Bonchev–Trinajstić information content (AvgIpc) is 1.99. The molecule has 60 valence electrons. The van der Waals surface area contributed by atoms with Crippen LogP contribution in [0.4, 0.5) is 0 Å². The highest BCUT2D eigenvalue weighted by molar-refractivity contribution is 6.42. The van der Waals surface area contributed by atoms with Gasteiger partial charge in [-0.1, -0.05) is 36.2 Å². The molecule has 0 N–H and O–H groups in total. The number of aryl methyl sites for hydroxylation is 1. The summed E-state index contributed by atoms with van der Waals surface area (Å²) < 4.78 is 0. The summed E-state index contributed by atoms with van der Waals surface area (Å²) in [5.41, 5.74) is 2.36. The van der Waals surface area contributed by atoms with Crippen LogP contribution in [-0.4, -0.2) is 0 Å². The van der Waals surface area contributed by atoms with Crippen LogP contribution in [0.25, 0.3) is 0 Å². The molecule has 0 spiro atoms. The molecular weight excluding hydrogens is 179 g/mol. The van der Waals surface area contributed by atoms with E-state index >= 15 is 0 Å². The lowest BCUT2D eigenvalue weighted by Gasteiger charge is -2.06. The zero-order chi connectivity index (χ0) is 8.43. The van der Waals surface area contributed by atoms with Crippen molar-refractivity contribution in [2.75, 3.05) is 0 Å². The zero-order valence-electron chi connectivity index (χ0n) is 6.62. The Morgan fingerprint density at radius 2 is 1.91 bits per heavy atom. The second-order valence-electron chi connectivity index (χ2n) is 2.51. The third kappa shape index (κ3) is 1.69. The van der Waals surface area contributed by atoms with E-state index in [2.05, 4.69) is 6.92 Å². The number of hydrogen-bond acceptors (Lipinski definition) is 0. The largest absolute Gasteiger partial charge is 0.0827 e. The lowest BCUT2D eigenvalue weighted by molar-refractivity contribution is 1.11. The first-order chi connectivity index (χ1) is 5.16. The first-order valence-corrected chi connectivity index (χ1v) is 4.36. The summed E-state index contributed by atoms with van der Waals surface area (Å²) in [6.07, 6.45) is 0.936. The minimum Gasteiger partial charge on any atom is -0.0827 e. The maximum absolute atomic E-state index is 5.97. The van der Waals surface area contributed by atoms with E-state index in [9.17, 15) is 0 Å². The van der Waals surface area contributed by atoms with Gasteiger partial charge in [-0.3, -0.25) is 0 Å². The third-order valence-electron chi connectivity index (χ3n) is 1.78. The summed E-state index contributed by atoms with van der Waals surface area (Å²) in [6, 6.07) is 3.82. The molecule has 0 heterocycles. The van der Waals surface area contributed by atoms with Crippen LogP contribution in [0.3, 0.4) is 0 Å². The minimum atomic E-state index is 0.647. The molecule has 0 saturated heterocycles. The minimum absolute atomic E-state index is 0.647. The SMILES string of the molecule is CCc1c(C)ccc(Cl)c1Cl. The lowest BCUT2D eigenvalue weighted by atomic mass is 10.1. The van der Waals surface area contributed by atoms with Gasteiger partial charge in [0.05, 0.1) is 10.0 Å². The van der Waals surface area contributed by atoms with Crippen molar-refractivity contribution in [3.8, 4) is 0 Å². The highest BCUT2D eigenvalue weighted by Gasteiger charge is 2.04. The molecule has 0 atom stereocenters. The second-order valence-corrected chi connectivity index (χ2v) is 3.30. The third-order valence-corrected chi connectivity index (χ3v) is 2.63. The first-order valence-electron chi connectivity index (χ1n) is 3.60. The Morgan fingerprint density at radius 1 is 1.27 bits per heavy atom. The van der Waals surface area contributed by atoms with E-state index in [1.54, 1.807) is 0 Å². The smallest absolute Gasteiger partial charge is 0.0626 e. The van der Waals surface area contributed by atoms with Gasteiger partial charge in [-0.2, -0.15) is 0 Å². The molecule has 0 aromatic heterocycles. The van der Waals surface area contributed by atoms with Gasteiger partial charge in [-0.05, 0) is 30.5 Å². The molecule has 0 aliphatic heterocycles. The molecule has 0 nitrogen and oxygen atoms in total. The van der Waals surface area contributed by atoms with Gasteiger partial charge in [0.15, 0.2) is 0 Å². The monoisotopic (exact) mass is 188 g/mol. The summed E-state index contributed by atoms with van der Waals surface area (Å²) in [7, 11) is 0. The Hall–Kier alpha value is -0.200. The van der Waals surface area contributed by atoms with Gasteiger partial charge >= 0.3 is 0 Å². The molecule has 1 aromatic rings. The van der Waals surface area contributed by atoms with Crippen LogP contribution in [-0.2, 0) is 6.42 Å². The average molecular weight is 189 g/mol. The number of hydrogen-bond donors (Lipinski definition) is 0. The summed E-state index contributed by atoms with van der Waals surface area (Å²) in [6.45, 7) is 4.12. The molecule has 0 aliphatic rings. The maximum Gasteiger partial charge on any atom is 0.0626 e. The van der Waals surface area contributed by atoms with Gasteiger partial charge in [-0.25, -0.2) is 0 Å². The second kappa shape index (κ2) is 3.46. The first kappa shape index (κ1) is 8.89. The molecule has 0 radical (unpaired) electrons. The Morgan fingerprint density at radius 3 is 2.36 bits per heavy atom. The fraction of sp³-hybridized carbons (Fsp3) is 0.333. The quantitative estimate of drug-likeness (QED) is 0.629. The number of halogens is 2. The number of benzene rings is 1. The standard InChI is InChI=1S/C9H10Cl2/c1-3-7-6(2)4-5-8(10)9(7)11/h4-5H,3H2,1-2H3. The molecular formula is C9H10Cl2. The normalized spacial score (nSPS) is 10.2. The zero-order valence-corrected chi connectivity index (χ0v) is 8.13. The molecule has 11 heavy (non-hydrogen) atoms. The van der Waals surface area contributed by atoms with Gasteiger partial charge < -0.3 is 0 Å². The number of rotatable bonds is 1. The lowest BCUT2D eigenvalue weighted by Crippen LogP contribution is -1.87. The maximum atomic E-state index is 5.97. The van der Waals surface area contributed by atoms with Crippen LogP contribution in [0.2, 0.25) is 10.0 Å². The molecule has 0 aliphatic carbocycles. The van der Waals surface area contributed by atoms with Crippen molar-refractivity contribution in [2.24, 2.45) is 0 Å². The highest BCUT2D eigenvalue weighted by Crippen LogP contribution is 2.28. The molecule has 0 amide bonds. The molecule has 0 unspecified atom stereocenters. The van der Waals surface area contributed by atoms with E-state index in [1.807, 2.05) is 19.1 Å². The Kier molecular flexibility index (Phi) is 2.80. The topological polar surface area (TPSA) is 0 Å². The van der Waals surface area contributed by atoms with Crippen LogP contribution < -0.4 is 0 Å². The van der Waals surface area contributed by atoms with Gasteiger partial charge in [-0.15, -0.1) is 0 Å². The summed E-state index contributed by atoms with van der Waals surface area (Å²) in [5, 5.41) is 1.35. The molecule has 1 aromatic carbocycles. The van der Waals surface area contributed by atoms with Crippen molar-refractivity contribution in [1.29, 1.82) is 0 Å². The van der Waals surface area contributed by atoms with Crippen LogP contribution >= 0.6 is 23.2 Å². The van der Waals surface area contributed by atoms with Crippen molar-refractivity contribution in [3.63, 3.8) is 0 Å². The van der Waals surface area contributed by atoms with Gasteiger partial charge in [0.25, 0.3) is 0 Å². The van der Waals surface area contributed by atoms with E-state index in [-0.39, 0.29) is 0 Å². The van der Waals surface area contributed by atoms with Crippen molar-refractivity contribution < 1.29 is 0 Å². The molecule has 0 bridgehead atoms. The van der Waals surface area contributed by atoms with Crippen molar-refractivity contribution in [3.05, 3.63) is 33.3 Å². The fourth-order valence-corrected chi connectivity index (χ4v) is 1.65. The summed E-state index contributed by atoms with van der Waals surface area (Å²) in [5.74, 6) is 0. The van der Waals surface area contributed by atoms with Gasteiger partial charge in [0.2, 0.25) is 0 Å². The Balaban J connectivity index is 3.29. The van der Waals surface area contributed by atoms with E-state index in [4.69, 9.17) is 23.2 Å². The van der Waals surface area contributed by atoms with E-state index < -0.39 is 0 Å². The van der Waals surface area contributed by atoms with E-state index in [0.717, 1.165) is 12.0 Å². The molecule has 0 saturated carbocycles. The Labute approximate surface area is 77.1 Å². The van der Waals surface area contributed by atoms with Crippen LogP contribution in [0.1, 0.15) is 18.1 Å². The predicted molar refractivity (Wildman–Crippen MR) is 50.6 cm³/mol. The van der Waals surface area contributed by atoms with Crippen LogP contribution in [0, 0.1) is 6.92 Å². The van der Waals surface area contributed by atoms with Gasteiger partial charge in [0, 0.05) is 0 Å². The molecule has 0 fully saturated rings. The predicted octanol–water partition coefficient (Wildman–Crippen LogP) is 3.86. The van der Waals surface area contributed by atoms with Gasteiger partial charge in [0.1, 0.15) is 0 Å². The molecule has 1 rings (SSSR count). The van der Waals surface area contributed by atoms with Crippen molar-refractivity contribution in [1.82, 2.24) is 0 Å². The fourth-order valence-electron chi connectivity index (χ4n) is 1.12. The summed E-state index contributed by atoms with van der Waals surface area (Å²) >= 11 is 11.8. The Bertz CT molecular complexity index is 267. The van der Waals surface area contributed by atoms with Crippen LogP contribution in [0.5, 0.6) is 0 Å². The van der Waals surface area contributed by atoms with Crippen molar-refractivity contribution >= 4 is 23.2 Å². The van der Waals surface area contributed by atoms with E-state index in [1.165, 1.54) is 5.56 Å². The summed E-state index contributed by atoms with van der Waals surface area (Å²) in [4.78, 5) is 0. The molecule has 2 heteroatoms. The highest BCUT2D eigenvalue weighted by atomic mass is 35.5. The van der Waals surface area contributed by atoms with Crippen LogP contribution in [0.15, 0.2) is 12.1 Å². The van der Waals surface area contributed by atoms with E-state index in [0.29, 0.717) is 10.0 Å².